The monoisotopic (exact) mass is 447 g/mol. The number of nitrogens with one attached hydrogen (secondary N) is 1. The number of hydrogen-bond donors (Lipinski definition) is 1. The molecule has 0 spiro atoms. The molecule has 0 aliphatic carbocycles. The average Bonchev–Trinajstić information content (AvgIpc) is 3.14. The smallest absolute Gasteiger partial charge is 0.252 e. The van der Waals surface area contributed by atoms with Gasteiger partial charge in [-0.25, -0.2) is 4.98 Å². The molecule has 0 aliphatic heterocycles. The van der Waals surface area contributed by atoms with Crippen molar-refractivity contribution in [3.05, 3.63) is 113 Å². The maximum absolute atomic E-state index is 13.4. The summed E-state index contributed by atoms with van der Waals surface area (Å²) in [5.74, 6) is -0.136. The summed E-state index contributed by atoms with van der Waals surface area (Å²) in [4.78, 5) is 22.2. The van der Waals surface area contributed by atoms with E-state index in [0.29, 0.717) is 18.7 Å². The van der Waals surface area contributed by atoms with Gasteiger partial charge in [0.2, 0.25) is 0 Å². The number of carbonyl (C=O) groups excluding carboxylic acids is 1. The number of para-hydroxylation sites is 1. The lowest BCUT2D eigenvalue weighted by molar-refractivity contribution is 0.0952. The van der Waals surface area contributed by atoms with Gasteiger partial charge in [-0.15, -0.1) is 0 Å². The molecule has 0 saturated heterocycles. The molecular weight excluding hydrogens is 422 g/mol. The minimum Gasteiger partial charge on any atom is -0.348 e. The molecule has 0 unspecified atom stereocenters. The van der Waals surface area contributed by atoms with Crippen LogP contribution in [0.1, 0.15) is 32.9 Å². The standard InChI is InChI=1S/C28H25N5O/c1-19-25(20(2)33(32-19)18-21-8-4-3-5-9-21)17-30-28(34)24-16-27(22-12-14-29-15-13-22)31-26-11-7-6-10-23(24)26/h3-16H,17-18H2,1-2H3,(H,30,34). The van der Waals surface area contributed by atoms with Crippen LogP contribution in [0.4, 0.5) is 0 Å². The number of hydrogen-bond acceptors (Lipinski definition) is 4. The molecule has 5 rings (SSSR count). The van der Waals surface area contributed by atoms with Gasteiger partial charge in [-0.2, -0.15) is 5.10 Å². The fourth-order valence-electron chi connectivity index (χ4n) is 4.20. The molecular formula is C28H25N5O. The zero-order chi connectivity index (χ0) is 23.5. The Morgan fingerprint density at radius 3 is 2.47 bits per heavy atom. The van der Waals surface area contributed by atoms with Crippen LogP contribution in [-0.2, 0) is 13.1 Å². The van der Waals surface area contributed by atoms with Crippen LogP contribution in [0.25, 0.3) is 22.2 Å². The summed E-state index contributed by atoms with van der Waals surface area (Å²) in [6, 6.07) is 23.6. The second-order valence-corrected chi connectivity index (χ2v) is 8.28. The van der Waals surface area contributed by atoms with Gasteiger partial charge in [-0.3, -0.25) is 14.5 Å². The van der Waals surface area contributed by atoms with E-state index < -0.39 is 0 Å². The van der Waals surface area contributed by atoms with Gasteiger partial charge in [0.25, 0.3) is 5.91 Å². The average molecular weight is 448 g/mol. The summed E-state index contributed by atoms with van der Waals surface area (Å²) in [5, 5.41) is 8.65. The highest BCUT2D eigenvalue weighted by atomic mass is 16.1. The summed E-state index contributed by atoms with van der Waals surface area (Å²) in [6.45, 7) is 5.14. The highest BCUT2D eigenvalue weighted by Gasteiger charge is 2.17. The Morgan fingerprint density at radius 2 is 1.68 bits per heavy atom. The van der Waals surface area contributed by atoms with Crippen molar-refractivity contribution in [2.45, 2.75) is 26.9 Å². The second kappa shape index (κ2) is 9.27. The van der Waals surface area contributed by atoms with Crippen molar-refractivity contribution < 1.29 is 4.79 Å². The number of rotatable bonds is 6. The van der Waals surface area contributed by atoms with Crippen LogP contribution in [0.3, 0.4) is 0 Å². The second-order valence-electron chi connectivity index (χ2n) is 8.28. The van der Waals surface area contributed by atoms with E-state index in [0.717, 1.165) is 39.1 Å². The number of nitrogens with zero attached hydrogens (tertiary/aromatic N) is 4. The third kappa shape index (κ3) is 4.30. The van der Waals surface area contributed by atoms with E-state index >= 15 is 0 Å². The highest BCUT2D eigenvalue weighted by Crippen LogP contribution is 2.25. The van der Waals surface area contributed by atoms with E-state index in [1.54, 1.807) is 12.4 Å². The molecule has 6 nitrogen and oxygen atoms in total. The van der Waals surface area contributed by atoms with Gasteiger partial charge in [0.15, 0.2) is 0 Å². The SMILES string of the molecule is Cc1nn(Cc2ccccc2)c(C)c1CNC(=O)c1cc(-c2ccncc2)nc2ccccc12. The van der Waals surface area contributed by atoms with Crippen LogP contribution < -0.4 is 5.32 Å². The number of amides is 1. The van der Waals surface area contributed by atoms with E-state index in [-0.39, 0.29) is 5.91 Å². The Balaban J connectivity index is 1.42. The Hall–Kier alpha value is -4.32. The van der Waals surface area contributed by atoms with E-state index in [2.05, 4.69) is 22.4 Å². The van der Waals surface area contributed by atoms with Crippen LogP contribution in [0.2, 0.25) is 0 Å². The lowest BCUT2D eigenvalue weighted by atomic mass is 10.0. The lowest BCUT2D eigenvalue weighted by Gasteiger charge is -2.11. The van der Waals surface area contributed by atoms with Crippen molar-refractivity contribution in [2.24, 2.45) is 0 Å². The number of fused-ring (bicyclic) bond motifs is 1. The van der Waals surface area contributed by atoms with E-state index in [9.17, 15) is 4.79 Å². The van der Waals surface area contributed by atoms with E-state index in [1.807, 2.05) is 79.2 Å². The molecule has 0 atom stereocenters. The summed E-state index contributed by atoms with van der Waals surface area (Å²) in [5.41, 5.74) is 7.25. The Morgan fingerprint density at radius 1 is 0.941 bits per heavy atom. The normalized spacial score (nSPS) is 11.0. The number of aryl methyl sites for hydroxylation is 1. The quantitative estimate of drug-likeness (QED) is 0.394. The van der Waals surface area contributed by atoms with Crippen molar-refractivity contribution in [2.75, 3.05) is 0 Å². The van der Waals surface area contributed by atoms with Crippen molar-refractivity contribution in [3.63, 3.8) is 0 Å². The zero-order valence-corrected chi connectivity index (χ0v) is 19.2. The van der Waals surface area contributed by atoms with Crippen LogP contribution in [-0.4, -0.2) is 25.7 Å². The fraction of sp³-hybridized carbons (Fsp3) is 0.143. The van der Waals surface area contributed by atoms with Gasteiger partial charge in [0, 0.05) is 41.1 Å². The highest BCUT2D eigenvalue weighted by molar-refractivity contribution is 6.07. The molecule has 34 heavy (non-hydrogen) atoms. The van der Waals surface area contributed by atoms with Crippen LogP contribution in [0.15, 0.2) is 85.2 Å². The van der Waals surface area contributed by atoms with E-state index in [4.69, 9.17) is 10.1 Å². The molecule has 3 heterocycles. The first-order valence-electron chi connectivity index (χ1n) is 11.3. The van der Waals surface area contributed by atoms with Crippen molar-refractivity contribution in [1.82, 2.24) is 25.1 Å². The summed E-state index contributed by atoms with van der Waals surface area (Å²) >= 11 is 0. The van der Waals surface area contributed by atoms with E-state index in [1.165, 1.54) is 5.56 Å². The first-order chi connectivity index (χ1) is 16.6. The fourth-order valence-corrected chi connectivity index (χ4v) is 4.20. The van der Waals surface area contributed by atoms with Crippen molar-refractivity contribution >= 4 is 16.8 Å². The van der Waals surface area contributed by atoms with Crippen LogP contribution in [0, 0.1) is 13.8 Å². The Bertz CT molecular complexity index is 1460. The maximum atomic E-state index is 13.4. The minimum absolute atomic E-state index is 0.136. The number of pyridine rings is 2. The van der Waals surface area contributed by atoms with Gasteiger partial charge in [0.1, 0.15) is 0 Å². The molecule has 0 fully saturated rings. The predicted molar refractivity (Wildman–Crippen MR) is 133 cm³/mol. The molecule has 1 amide bonds. The molecule has 6 heteroatoms. The lowest BCUT2D eigenvalue weighted by Crippen LogP contribution is -2.24. The third-order valence-electron chi connectivity index (χ3n) is 6.07. The third-order valence-corrected chi connectivity index (χ3v) is 6.07. The van der Waals surface area contributed by atoms with Gasteiger partial charge in [-0.05, 0) is 43.7 Å². The first-order valence-corrected chi connectivity index (χ1v) is 11.3. The summed E-state index contributed by atoms with van der Waals surface area (Å²) < 4.78 is 2.00. The number of benzene rings is 2. The summed E-state index contributed by atoms with van der Waals surface area (Å²) in [7, 11) is 0. The topological polar surface area (TPSA) is 72.7 Å². The van der Waals surface area contributed by atoms with Crippen molar-refractivity contribution in [1.29, 1.82) is 0 Å². The molecule has 5 aromatic rings. The molecule has 1 N–H and O–H groups in total. The van der Waals surface area contributed by atoms with Crippen LogP contribution in [0.5, 0.6) is 0 Å². The zero-order valence-electron chi connectivity index (χ0n) is 19.2. The number of carbonyl (C=O) groups is 1. The van der Waals surface area contributed by atoms with Crippen molar-refractivity contribution in [3.8, 4) is 11.3 Å². The molecule has 0 radical (unpaired) electrons. The molecule has 0 aliphatic rings. The predicted octanol–water partition coefficient (Wildman–Crippen LogP) is 5.09. The Kier molecular flexibility index (Phi) is 5.87. The van der Waals surface area contributed by atoms with Crippen LogP contribution >= 0.6 is 0 Å². The molecule has 3 aromatic heterocycles. The van der Waals surface area contributed by atoms with Gasteiger partial charge in [0.05, 0.1) is 29.0 Å². The molecule has 2 aromatic carbocycles. The maximum Gasteiger partial charge on any atom is 0.252 e. The molecule has 0 saturated carbocycles. The minimum atomic E-state index is -0.136. The molecule has 168 valence electrons. The number of aromatic nitrogens is 4. The molecule has 0 bridgehead atoms. The van der Waals surface area contributed by atoms with Gasteiger partial charge < -0.3 is 5.32 Å². The largest absolute Gasteiger partial charge is 0.348 e. The first kappa shape index (κ1) is 21.5. The van der Waals surface area contributed by atoms with Gasteiger partial charge in [-0.1, -0.05) is 48.5 Å². The van der Waals surface area contributed by atoms with Gasteiger partial charge >= 0.3 is 0 Å². The Labute approximate surface area is 198 Å². The summed E-state index contributed by atoms with van der Waals surface area (Å²) in [6.07, 6.45) is 3.45.